The zero-order valence-electron chi connectivity index (χ0n) is 19.3. The highest BCUT2D eigenvalue weighted by Gasteiger charge is 2.70. The third-order valence-corrected chi connectivity index (χ3v) is 8.28. The summed E-state index contributed by atoms with van der Waals surface area (Å²) < 4.78 is 0. The van der Waals surface area contributed by atoms with Crippen LogP contribution in [0.5, 0.6) is 0 Å². The highest BCUT2D eigenvalue weighted by molar-refractivity contribution is 6.36. The van der Waals surface area contributed by atoms with Crippen LogP contribution >= 0.6 is 23.2 Å². The molecular formula is C28H20Cl2N4O3. The molecule has 7 nitrogen and oxygen atoms in total. The summed E-state index contributed by atoms with van der Waals surface area (Å²) in [5.41, 5.74) is 2.21. The maximum absolute atomic E-state index is 14.1. The first-order valence-corrected chi connectivity index (χ1v) is 12.7. The van der Waals surface area contributed by atoms with E-state index in [0.717, 1.165) is 21.4 Å². The Labute approximate surface area is 221 Å². The fraction of sp³-hybridized carbons (Fsp3) is 0.179. The number of aromatic amines is 1. The van der Waals surface area contributed by atoms with Gasteiger partial charge in [-0.15, -0.1) is 0 Å². The van der Waals surface area contributed by atoms with Gasteiger partial charge < -0.3 is 10.3 Å². The Morgan fingerprint density at radius 3 is 2.43 bits per heavy atom. The minimum atomic E-state index is -1.37. The lowest BCUT2D eigenvalue weighted by Gasteiger charge is -2.29. The molecule has 37 heavy (non-hydrogen) atoms. The molecular weight excluding hydrogens is 511 g/mol. The highest BCUT2D eigenvalue weighted by atomic mass is 35.5. The number of carbonyl (C=O) groups excluding carboxylic acids is 3. The number of aromatic nitrogens is 1. The number of hydrogen-bond acceptors (Lipinski definition) is 4. The van der Waals surface area contributed by atoms with Gasteiger partial charge in [-0.1, -0.05) is 59.6 Å². The predicted molar refractivity (Wildman–Crippen MR) is 142 cm³/mol. The van der Waals surface area contributed by atoms with Crippen LogP contribution in [0.3, 0.4) is 0 Å². The SMILES string of the molecule is O=C1[C@@H]2[C@H](Cc3c[nH]c4ccccc34)N[C@]3(C(=O)Nc4ccccc43)[C@@H]2C(=O)N1c1cc(Cl)cc(Cl)c1. The Balaban J connectivity index is 1.38. The van der Waals surface area contributed by atoms with Gasteiger partial charge in [-0.25, -0.2) is 4.90 Å². The van der Waals surface area contributed by atoms with E-state index in [1.54, 1.807) is 24.3 Å². The number of anilines is 2. The molecule has 1 aromatic heterocycles. The third kappa shape index (κ3) is 3.08. The van der Waals surface area contributed by atoms with E-state index in [9.17, 15) is 14.4 Å². The lowest BCUT2D eigenvalue weighted by Crippen LogP contribution is -2.53. The van der Waals surface area contributed by atoms with Crippen LogP contribution in [0.25, 0.3) is 10.9 Å². The minimum Gasteiger partial charge on any atom is -0.361 e. The highest BCUT2D eigenvalue weighted by Crippen LogP contribution is 2.54. The van der Waals surface area contributed by atoms with E-state index < -0.39 is 29.3 Å². The Kier molecular flexibility index (Phi) is 4.83. The normalized spacial score (nSPS) is 26.3. The third-order valence-electron chi connectivity index (χ3n) is 7.84. The average Bonchev–Trinajstić information content (AvgIpc) is 3.57. The van der Waals surface area contributed by atoms with Crippen LogP contribution in [0, 0.1) is 11.8 Å². The number of nitrogens with one attached hydrogen (secondary N) is 3. The first-order valence-electron chi connectivity index (χ1n) is 12.0. The number of para-hydroxylation sites is 2. The van der Waals surface area contributed by atoms with Gasteiger partial charge in [0.15, 0.2) is 0 Å². The molecule has 2 saturated heterocycles. The van der Waals surface area contributed by atoms with Crippen molar-refractivity contribution in [1.29, 1.82) is 0 Å². The molecule has 4 heterocycles. The number of nitrogens with zero attached hydrogens (tertiary/aromatic N) is 1. The Bertz CT molecular complexity index is 1630. The van der Waals surface area contributed by atoms with Gasteiger partial charge in [-0.05, 0) is 42.3 Å². The summed E-state index contributed by atoms with van der Waals surface area (Å²) in [5.74, 6) is -2.86. The lowest BCUT2D eigenvalue weighted by molar-refractivity contribution is -0.130. The van der Waals surface area contributed by atoms with E-state index in [-0.39, 0.29) is 11.8 Å². The van der Waals surface area contributed by atoms with Crippen molar-refractivity contribution >= 4 is 63.2 Å². The number of benzene rings is 3. The summed E-state index contributed by atoms with van der Waals surface area (Å²) >= 11 is 12.4. The van der Waals surface area contributed by atoms with Gasteiger partial charge in [-0.2, -0.15) is 0 Å². The van der Waals surface area contributed by atoms with Crippen molar-refractivity contribution in [2.24, 2.45) is 11.8 Å². The van der Waals surface area contributed by atoms with Crippen molar-refractivity contribution in [3.8, 4) is 0 Å². The monoisotopic (exact) mass is 530 g/mol. The smallest absolute Gasteiger partial charge is 0.250 e. The molecule has 0 radical (unpaired) electrons. The van der Waals surface area contributed by atoms with E-state index in [0.29, 0.717) is 33.4 Å². The van der Waals surface area contributed by atoms with Gasteiger partial charge in [0.2, 0.25) is 17.7 Å². The fourth-order valence-corrected chi connectivity index (χ4v) is 6.91. The summed E-state index contributed by atoms with van der Waals surface area (Å²) in [6.07, 6.45) is 2.37. The number of amides is 3. The van der Waals surface area contributed by atoms with Crippen LogP contribution in [-0.4, -0.2) is 28.7 Å². The number of fused-ring (bicyclic) bond motifs is 5. The van der Waals surface area contributed by atoms with Crippen molar-refractivity contribution in [2.75, 3.05) is 10.2 Å². The summed E-state index contributed by atoms with van der Waals surface area (Å²) in [6, 6.07) is 19.4. The number of imide groups is 1. The molecule has 4 aromatic rings. The molecule has 0 aliphatic carbocycles. The molecule has 0 unspecified atom stereocenters. The van der Waals surface area contributed by atoms with Crippen molar-refractivity contribution in [3.05, 3.63) is 94.1 Å². The van der Waals surface area contributed by atoms with Crippen LogP contribution in [0.2, 0.25) is 10.0 Å². The van der Waals surface area contributed by atoms with E-state index in [1.807, 2.05) is 48.7 Å². The molecule has 3 aliphatic heterocycles. The summed E-state index contributed by atoms with van der Waals surface area (Å²) in [4.78, 5) is 46.2. The van der Waals surface area contributed by atoms with E-state index in [4.69, 9.17) is 23.2 Å². The Hall–Kier alpha value is -3.65. The van der Waals surface area contributed by atoms with Gasteiger partial charge in [-0.3, -0.25) is 19.7 Å². The molecule has 0 saturated carbocycles. The molecule has 1 spiro atoms. The van der Waals surface area contributed by atoms with E-state index in [2.05, 4.69) is 15.6 Å². The molecule has 3 aromatic carbocycles. The molecule has 0 bridgehead atoms. The molecule has 4 atom stereocenters. The minimum absolute atomic E-state index is 0.301. The average molecular weight is 531 g/mol. The zero-order valence-corrected chi connectivity index (χ0v) is 20.8. The Morgan fingerprint density at radius 2 is 1.62 bits per heavy atom. The lowest BCUT2D eigenvalue weighted by atomic mass is 9.76. The maximum atomic E-state index is 14.1. The molecule has 184 valence electrons. The standard InChI is InChI=1S/C28H20Cl2N4O3/c29-15-10-16(30)12-17(11-15)34-25(35)23-22(9-14-13-31-20-7-3-1-5-18(14)20)33-28(24(23)26(34)36)19-6-2-4-8-21(19)32-27(28)37/h1-8,10-13,22-24,31,33H,9H2,(H,32,37)/t22-,23+,24-,28-/m0/s1. The van der Waals surface area contributed by atoms with Gasteiger partial charge in [0, 0.05) is 44.4 Å². The second-order valence-electron chi connectivity index (χ2n) is 9.77. The summed E-state index contributed by atoms with van der Waals surface area (Å²) in [6.45, 7) is 0. The van der Waals surface area contributed by atoms with Gasteiger partial charge in [0.05, 0.1) is 17.5 Å². The van der Waals surface area contributed by atoms with Crippen molar-refractivity contribution in [3.63, 3.8) is 0 Å². The van der Waals surface area contributed by atoms with Crippen molar-refractivity contribution in [2.45, 2.75) is 18.0 Å². The zero-order chi connectivity index (χ0) is 25.5. The van der Waals surface area contributed by atoms with Crippen LogP contribution in [-0.2, 0) is 26.3 Å². The van der Waals surface area contributed by atoms with Gasteiger partial charge >= 0.3 is 0 Å². The van der Waals surface area contributed by atoms with Crippen LogP contribution in [0.1, 0.15) is 11.1 Å². The van der Waals surface area contributed by atoms with Crippen molar-refractivity contribution in [1.82, 2.24) is 10.3 Å². The van der Waals surface area contributed by atoms with E-state index >= 15 is 0 Å². The van der Waals surface area contributed by atoms with E-state index in [1.165, 1.54) is 0 Å². The topological polar surface area (TPSA) is 94.3 Å². The first kappa shape index (κ1) is 22.5. The maximum Gasteiger partial charge on any atom is 0.250 e. The molecule has 3 aliphatic rings. The predicted octanol–water partition coefficient (Wildman–Crippen LogP) is 4.64. The van der Waals surface area contributed by atoms with Gasteiger partial charge in [0.25, 0.3) is 0 Å². The Morgan fingerprint density at radius 1 is 0.892 bits per heavy atom. The van der Waals surface area contributed by atoms with Crippen LogP contribution in [0.4, 0.5) is 11.4 Å². The first-order chi connectivity index (χ1) is 17.9. The molecule has 3 N–H and O–H groups in total. The quantitative estimate of drug-likeness (QED) is 0.336. The number of H-pyrrole nitrogens is 1. The fourth-order valence-electron chi connectivity index (χ4n) is 6.39. The largest absolute Gasteiger partial charge is 0.361 e. The molecule has 2 fully saturated rings. The number of rotatable bonds is 3. The number of hydrogen-bond donors (Lipinski definition) is 3. The number of halogens is 2. The van der Waals surface area contributed by atoms with Gasteiger partial charge in [0.1, 0.15) is 5.54 Å². The second-order valence-corrected chi connectivity index (χ2v) is 10.6. The van der Waals surface area contributed by atoms with Crippen LogP contribution in [0.15, 0.2) is 72.9 Å². The molecule has 7 rings (SSSR count). The molecule has 3 amide bonds. The molecule has 9 heteroatoms. The second kappa shape index (κ2) is 7.92. The summed E-state index contributed by atoms with van der Waals surface area (Å²) in [5, 5.41) is 8.07. The number of carbonyl (C=O) groups is 3. The van der Waals surface area contributed by atoms with Crippen LogP contribution < -0.4 is 15.5 Å². The summed E-state index contributed by atoms with van der Waals surface area (Å²) in [7, 11) is 0. The van der Waals surface area contributed by atoms with Crippen molar-refractivity contribution < 1.29 is 14.4 Å².